The van der Waals surface area contributed by atoms with Gasteiger partial charge in [-0.3, -0.25) is 16.0 Å². The zero-order valence-corrected chi connectivity index (χ0v) is 12.0. The van der Waals surface area contributed by atoms with E-state index in [2.05, 4.69) is 16.6 Å². The molecule has 0 bridgehead atoms. The molecule has 0 radical (unpaired) electrons. The Labute approximate surface area is 122 Å². The van der Waals surface area contributed by atoms with Crippen LogP contribution in [0.1, 0.15) is 29.6 Å². The van der Waals surface area contributed by atoms with Crippen LogP contribution in [0.2, 0.25) is 5.02 Å². The van der Waals surface area contributed by atoms with Crippen LogP contribution in [0.25, 0.3) is 0 Å². The van der Waals surface area contributed by atoms with Gasteiger partial charge in [-0.15, -0.1) is 0 Å². The molecular formula is C14H17ClN4O. The molecule has 2 heterocycles. The van der Waals surface area contributed by atoms with Gasteiger partial charge >= 0.3 is 0 Å². The predicted octanol–water partition coefficient (Wildman–Crippen LogP) is 2.14. The van der Waals surface area contributed by atoms with Crippen LogP contribution in [0.3, 0.4) is 0 Å². The normalized spacial score (nSPS) is 19.2. The Kier molecular flexibility index (Phi) is 3.65. The van der Waals surface area contributed by atoms with Crippen LogP contribution in [0, 0.1) is 0 Å². The van der Waals surface area contributed by atoms with E-state index < -0.39 is 0 Å². The highest BCUT2D eigenvalue weighted by Gasteiger charge is 2.32. The van der Waals surface area contributed by atoms with E-state index in [9.17, 15) is 0 Å². The molecule has 3 N–H and O–H groups in total. The maximum absolute atomic E-state index is 6.25. The van der Waals surface area contributed by atoms with Gasteiger partial charge in [0, 0.05) is 13.0 Å². The minimum Gasteiger partial charge on any atom is -0.493 e. The number of rotatable bonds is 3. The Morgan fingerprint density at radius 3 is 3.00 bits per heavy atom. The van der Waals surface area contributed by atoms with Gasteiger partial charge in [0.15, 0.2) is 0 Å². The maximum Gasteiger partial charge on any atom is 0.122 e. The molecule has 6 heteroatoms. The smallest absolute Gasteiger partial charge is 0.122 e. The van der Waals surface area contributed by atoms with E-state index in [4.69, 9.17) is 22.2 Å². The van der Waals surface area contributed by atoms with E-state index in [0.717, 1.165) is 23.4 Å². The monoisotopic (exact) mass is 292 g/mol. The van der Waals surface area contributed by atoms with Crippen LogP contribution in [-0.2, 0) is 7.05 Å². The number of aryl methyl sites for hydroxylation is 1. The van der Waals surface area contributed by atoms with Gasteiger partial charge in [0.25, 0.3) is 0 Å². The largest absolute Gasteiger partial charge is 0.493 e. The molecule has 0 aliphatic carbocycles. The molecule has 2 aromatic rings. The van der Waals surface area contributed by atoms with Gasteiger partial charge in [-0.05, 0) is 18.1 Å². The number of nitrogens with one attached hydrogen (secondary N) is 1. The summed E-state index contributed by atoms with van der Waals surface area (Å²) in [5.74, 6) is 6.92. The number of para-hydroxylation sites is 1. The molecule has 0 fully saturated rings. The molecule has 2 unspecified atom stereocenters. The Balaban J connectivity index is 2.03. The van der Waals surface area contributed by atoms with Gasteiger partial charge in [0.2, 0.25) is 0 Å². The number of nitrogens with zero attached hydrogens (tertiary/aromatic N) is 2. The molecule has 1 aromatic carbocycles. The van der Waals surface area contributed by atoms with Crippen LogP contribution in [0.5, 0.6) is 5.75 Å². The molecular weight excluding hydrogens is 276 g/mol. The van der Waals surface area contributed by atoms with E-state index in [1.165, 1.54) is 0 Å². The van der Waals surface area contributed by atoms with Crippen molar-refractivity contribution in [2.24, 2.45) is 12.9 Å². The zero-order chi connectivity index (χ0) is 14.1. The highest BCUT2D eigenvalue weighted by atomic mass is 35.5. The topological polar surface area (TPSA) is 65.1 Å². The summed E-state index contributed by atoms with van der Waals surface area (Å²) in [6.07, 6.45) is 2.53. The minimum atomic E-state index is -0.0972. The fourth-order valence-electron chi connectivity index (χ4n) is 2.87. The molecule has 0 saturated carbocycles. The van der Waals surface area contributed by atoms with Crippen LogP contribution in [0.4, 0.5) is 0 Å². The van der Waals surface area contributed by atoms with Crippen molar-refractivity contribution < 1.29 is 4.74 Å². The molecule has 106 valence electrons. The summed E-state index contributed by atoms with van der Waals surface area (Å²) in [6, 6.07) is 7.95. The fourth-order valence-corrected chi connectivity index (χ4v) is 3.16. The number of hydrogen-bond donors (Lipinski definition) is 2. The van der Waals surface area contributed by atoms with Gasteiger partial charge < -0.3 is 4.74 Å². The first-order chi connectivity index (χ1) is 9.72. The number of benzene rings is 1. The van der Waals surface area contributed by atoms with Gasteiger partial charge in [0.1, 0.15) is 5.75 Å². The SMILES string of the molecule is Cn1ncc(Cl)c1C(NN)C1CCOc2ccccc21. The lowest BCUT2D eigenvalue weighted by Gasteiger charge is -2.32. The Bertz CT molecular complexity index is 593. The van der Waals surface area contributed by atoms with Crippen molar-refractivity contribution in [1.82, 2.24) is 15.2 Å². The minimum absolute atomic E-state index is 0.0972. The standard InChI is InChI=1S/C14H17ClN4O/c1-19-14(11(15)8-17-19)13(18-16)10-6-7-20-12-5-3-2-4-9(10)12/h2-5,8,10,13,18H,6-7,16H2,1H3. The van der Waals surface area contributed by atoms with Crippen molar-refractivity contribution in [2.75, 3.05) is 6.61 Å². The highest BCUT2D eigenvalue weighted by Crippen LogP contribution is 2.42. The quantitative estimate of drug-likeness (QED) is 0.672. The second-order valence-electron chi connectivity index (χ2n) is 4.93. The lowest BCUT2D eigenvalue weighted by molar-refractivity contribution is 0.243. The number of hydrogen-bond acceptors (Lipinski definition) is 4. The molecule has 5 nitrogen and oxygen atoms in total. The average Bonchev–Trinajstić information content (AvgIpc) is 2.81. The second kappa shape index (κ2) is 5.44. The first kappa shape index (κ1) is 13.4. The van der Waals surface area contributed by atoms with Gasteiger partial charge in [0.05, 0.1) is 29.6 Å². The summed E-state index contributed by atoms with van der Waals surface area (Å²) in [7, 11) is 1.87. The van der Waals surface area contributed by atoms with Crippen molar-refractivity contribution in [1.29, 1.82) is 0 Å². The molecule has 1 aliphatic rings. The summed E-state index contributed by atoms with van der Waals surface area (Å²) in [4.78, 5) is 0. The van der Waals surface area contributed by atoms with Crippen molar-refractivity contribution in [3.8, 4) is 5.75 Å². The molecule has 0 saturated heterocycles. The van der Waals surface area contributed by atoms with E-state index >= 15 is 0 Å². The molecule has 20 heavy (non-hydrogen) atoms. The third kappa shape index (κ3) is 2.18. The van der Waals surface area contributed by atoms with Crippen LogP contribution in [-0.4, -0.2) is 16.4 Å². The van der Waals surface area contributed by atoms with Crippen LogP contribution in [0.15, 0.2) is 30.5 Å². The molecule has 1 aromatic heterocycles. The predicted molar refractivity (Wildman–Crippen MR) is 77.6 cm³/mol. The average molecular weight is 293 g/mol. The fraction of sp³-hybridized carbons (Fsp3) is 0.357. The Hall–Kier alpha value is -1.56. The van der Waals surface area contributed by atoms with Crippen LogP contribution < -0.4 is 16.0 Å². The molecule has 2 atom stereocenters. The first-order valence-electron chi connectivity index (χ1n) is 6.57. The summed E-state index contributed by atoms with van der Waals surface area (Å²) >= 11 is 6.25. The van der Waals surface area contributed by atoms with E-state index in [-0.39, 0.29) is 12.0 Å². The third-order valence-electron chi connectivity index (χ3n) is 3.82. The highest BCUT2D eigenvalue weighted by molar-refractivity contribution is 6.31. The Morgan fingerprint density at radius 2 is 2.30 bits per heavy atom. The van der Waals surface area contributed by atoms with Crippen molar-refractivity contribution in [3.63, 3.8) is 0 Å². The van der Waals surface area contributed by atoms with Crippen LogP contribution >= 0.6 is 11.6 Å². The summed E-state index contributed by atoms with van der Waals surface area (Å²) in [6.45, 7) is 0.676. The number of ether oxygens (including phenoxy) is 1. The number of aromatic nitrogens is 2. The maximum atomic E-state index is 6.25. The number of halogens is 1. The van der Waals surface area contributed by atoms with E-state index in [1.807, 2.05) is 25.2 Å². The van der Waals surface area contributed by atoms with Gasteiger partial charge in [-0.1, -0.05) is 29.8 Å². The number of fused-ring (bicyclic) bond motifs is 1. The summed E-state index contributed by atoms with van der Waals surface area (Å²) in [5, 5.41) is 4.82. The van der Waals surface area contributed by atoms with Crippen molar-refractivity contribution in [3.05, 3.63) is 46.7 Å². The number of hydrazine groups is 1. The van der Waals surface area contributed by atoms with E-state index in [0.29, 0.717) is 11.6 Å². The van der Waals surface area contributed by atoms with Gasteiger partial charge in [-0.2, -0.15) is 5.10 Å². The van der Waals surface area contributed by atoms with Crippen molar-refractivity contribution >= 4 is 11.6 Å². The second-order valence-corrected chi connectivity index (χ2v) is 5.33. The molecule has 0 spiro atoms. The molecule has 3 rings (SSSR count). The van der Waals surface area contributed by atoms with Crippen molar-refractivity contribution in [2.45, 2.75) is 18.4 Å². The lowest BCUT2D eigenvalue weighted by atomic mass is 9.85. The Morgan fingerprint density at radius 1 is 1.50 bits per heavy atom. The summed E-state index contributed by atoms with van der Waals surface area (Å²) in [5.41, 5.74) is 4.95. The summed E-state index contributed by atoms with van der Waals surface area (Å²) < 4.78 is 7.47. The zero-order valence-electron chi connectivity index (χ0n) is 11.2. The van der Waals surface area contributed by atoms with Gasteiger partial charge in [-0.25, -0.2) is 0 Å². The van der Waals surface area contributed by atoms with E-state index in [1.54, 1.807) is 10.9 Å². The number of nitrogens with two attached hydrogens (primary N) is 1. The third-order valence-corrected chi connectivity index (χ3v) is 4.11. The first-order valence-corrected chi connectivity index (χ1v) is 6.95. The molecule has 0 amide bonds. The lowest BCUT2D eigenvalue weighted by Crippen LogP contribution is -2.36. The molecule has 1 aliphatic heterocycles.